The molecule has 0 aliphatic carbocycles. The first-order valence-electron chi connectivity index (χ1n) is 5.61. The van der Waals surface area contributed by atoms with Crippen LogP contribution in [0, 0.1) is 17.0 Å². The van der Waals surface area contributed by atoms with Crippen LogP contribution in [0.25, 0.3) is 0 Å². The van der Waals surface area contributed by atoms with Crippen LogP contribution in [0.15, 0.2) is 30.5 Å². The van der Waals surface area contributed by atoms with Gasteiger partial charge in [0, 0.05) is 11.8 Å². The van der Waals surface area contributed by atoms with Crippen LogP contribution in [0.3, 0.4) is 0 Å². The SMILES string of the molecule is Cc1cccc(Oc2nccc(C(F)(F)F)n2)c1[N+](=O)[O-]. The second-order valence-corrected chi connectivity index (χ2v) is 4.00. The quantitative estimate of drug-likeness (QED) is 0.640. The Kier molecular flexibility index (Phi) is 3.74. The molecule has 0 aliphatic heterocycles. The van der Waals surface area contributed by atoms with E-state index in [0.717, 1.165) is 6.20 Å². The molecule has 0 saturated heterocycles. The number of hydrogen-bond donors (Lipinski definition) is 0. The molecule has 21 heavy (non-hydrogen) atoms. The van der Waals surface area contributed by atoms with E-state index in [1.807, 2.05) is 0 Å². The average Bonchev–Trinajstić information content (AvgIpc) is 2.37. The van der Waals surface area contributed by atoms with Crippen LogP contribution in [0.4, 0.5) is 18.9 Å². The van der Waals surface area contributed by atoms with Gasteiger partial charge in [-0.05, 0) is 19.1 Å². The maximum atomic E-state index is 12.5. The molecule has 0 fully saturated rings. The number of nitro benzene ring substituents is 1. The fourth-order valence-corrected chi connectivity index (χ4v) is 1.59. The van der Waals surface area contributed by atoms with Crippen molar-refractivity contribution in [3.8, 4) is 11.8 Å². The largest absolute Gasteiger partial charge is 0.433 e. The van der Waals surface area contributed by atoms with Gasteiger partial charge < -0.3 is 4.74 Å². The molecule has 0 aliphatic rings. The minimum Gasteiger partial charge on any atom is -0.417 e. The van der Waals surface area contributed by atoms with Crippen LogP contribution < -0.4 is 4.74 Å². The van der Waals surface area contributed by atoms with Crippen molar-refractivity contribution in [3.63, 3.8) is 0 Å². The van der Waals surface area contributed by atoms with Gasteiger partial charge in [-0.2, -0.15) is 18.2 Å². The number of ether oxygens (including phenoxy) is 1. The topological polar surface area (TPSA) is 78.2 Å². The number of alkyl halides is 3. The maximum absolute atomic E-state index is 12.5. The second-order valence-electron chi connectivity index (χ2n) is 4.00. The molecule has 0 unspecified atom stereocenters. The number of nitro groups is 1. The number of hydrogen-bond acceptors (Lipinski definition) is 5. The minimum atomic E-state index is -4.65. The molecular weight excluding hydrogens is 291 g/mol. The summed E-state index contributed by atoms with van der Waals surface area (Å²) in [5, 5.41) is 11.0. The lowest BCUT2D eigenvalue weighted by atomic mass is 10.2. The van der Waals surface area contributed by atoms with Crippen molar-refractivity contribution in [3.05, 3.63) is 51.8 Å². The van der Waals surface area contributed by atoms with E-state index in [0.29, 0.717) is 11.6 Å². The molecule has 110 valence electrons. The molecule has 6 nitrogen and oxygen atoms in total. The van der Waals surface area contributed by atoms with E-state index in [4.69, 9.17) is 4.74 Å². The summed E-state index contributed by atoms with van der Waals surface area (Å²) in [4.78, 5) is 17.0. The molecule has 1 aromatic heterocycles. The number of rotatable bonds is 3. The average molecular weight is 299 g/mol. The minimum absolute atomic E-state index is 0.223. The Morgan fingerprint density at radius 2 is 2.00 bits per heavy atom. The molecule has 0 N–H and O–H groups in total. The molecule has 1 heterocycles. The van der Waals surface area contributed by atoms with Crippen molar-refractivity contribution in [1.29, 1.82) is 0 Å². The highest BCUT2D eigenvalue weighted by Crippen LogP contribution is 2.34. The normalized spacial score (nSPS) is 11.2. The van der Waals surface area contributed by atoms with Gasteiger partial charge in [0.1, 0.15) is 0 Å². The monoisotopic (exact) mass is 299 g/mol. The van der Waals surface area contributed by atoms with E-state index in [1.54, 1.807) is 0 Å². The van der Waals surface area contributed by atoms with Crippen LogP contribution in [0.5, 0.6) is 11.8 Å². The van der Waals surface area contributed by atoms with E-state index in [-0.39, 0.29) is 11.4 Å². The maximum Gasteiger partial charge on any atom is 0.433 e. The van der Waals surface area contributed by atoms with Gasteiger partial charge in [0.25, 0.3) is 0 Å². The Balaban J connectivity index is 2.40. The lowest BCUT2D eigenvalue weighted by Gasteiger charge is -2.08. The summed E-state index contributed by atoms with van der Waals surface area (Å²) in [5.41, 5.74) is -1.23. The Labute approximate surface area is 116 Å². The third-order valence-electron chi connectivity index (χ3n) is 2.51. The molecule has 1 aromatic carbocycles. The van der Waals surface area contributed by atoms with E-state index < -0.39 is 22.8 Å². The zero-order chi connectivity index (χ0) is 15.6. The first-order chi connectivity index (χ1) is 9.79. The summed E-state index contributed by atoms with van der Waals surface area (Å²) in [6.07, 6.45) is -3.79. The highest BCUT2D eigenvalue weighted by Gasteiger charge is 2.33. The molecule has 2 rings (SSSR count). The molecule has 0 spiro atoms. The van der Waals surface area contributed by atoms with Crippen molar-refractivity contribution < 1.29 is 22.8 Å². The molecule has 0 amide bonds. The summed E-state index contributed by atoms with van der Waals surface area (Å²) in [6, 6.07) is 4.29. The van der Waals surface area contributed by atoms with E-state index in [2.05, 4.69) is 9.97 Å². The summed E-state index contributed by atoms with van der Waals surface area (Å²) >= 11 is 0. The zero-order valence-corrected chi connectivity index (χ0v) is 10.6. The summed E-state index contributed by atoms with van der Waals surface area (Å²) in [7, 11) is 0. The van der Waals surface area contributed by atoms with Gasteiger partial charge in [0.05, 0.1) is 4.92 Å². The van der Waals surface area contributed by atoms with Gasteiger partial charge in [-0.1, -0.05) is 12.1 Å². The highest BCUT2D eigenvalue weighted by atomic mass is 19.4. The van der Waals surface area contributed by atoms with Gasteiger partial charge in [-0.15, -0.1) is 0 Å². The first kappa shape index (κ1) is 14.7. The Morgan fingerprint density at radius 1 is 1.29 bits per heavy atom. The van der Waals surface area contributed by atoms with Gasteiger partial charge in [0.15, 0.2) is 5.69 Å². The summed E-state index contributed by atoms with van der Waals surface area (Å²) in [6.45, 7) is 1.48. The van der Waals surface area contributed by atoms with Crippen molar-refractivity contribution in [2.45, 2.75) is 13.1 Å². The van der Waals surface area contributed by atoms with Gasteiger partial charge >= 0.3 is 17.9 Å². The molecule has 0 bridgehead atoms. The van der Waals surface area contributed by atoms with Gasteiger partial charge in [-0.25, -0.2) is 4.98 Å². The fourth-order valence-electron chi connectivity index (χ4n) is 1.59. The van der Waals surface area contributed by atoms with Crippen molar-refractivity contribution in [1.82, 2.24) is 9.97 Å². The molecule has 2 aromatic rings. The molecule has 0 saturated carbocycles. The number of aromatic nitrogens is 2. The predicted octanol–water partition coefficient (Wildman–Crippen LogP) is 3.50. The first-order valence-corrected chi connectivity index (χ1v) is 5.61. The number of nitrogens with zero attached hydrogens (tertiary/aromatic N) is 3. The standard InChI is InChI=1S/C12H8F3N3O3/c1-7-3-2-4-8(10(7)18(19)20)21-11-16-6-5-9(17-11)12(13,14)15/h2-6H,1H3. The third-order valence-corrected chi connectivity index (χ3v) is 2.51. The summed E-state index contributed by atoms with van der Waals surface area (Å²) in [5.74, 6) is -0.223. The highest BCUT2D eigenvalue weighted by molar-refractivity contribution is 5.52. The van der Waals surface area contributed by atoms with Crippen LogP contribution in [0.1, 0.15) is 11.3 Å². The van der Waals surface area contributed by atoms with Gasteiger partial charge in [-0.3, -0.25) is 10.1 Å². The fraction of sp³-hybridized carbons (Fsp3) is 0.167. The van der Waals surface area contributed by atoms with Crippen LogP contribution in [0.2, 0.25) is 0 Å². The lowest BCUT2D eigenvalue weighted by Crippen LogP contribution is -2.09. The Bertz CT molecular complexity index is 689. The van der Waals surface area contributed by atoms with E-state index in [9.17, 15) is 23.3 Å². The number of para-hydroxylation sites is 1. The number of benzene rings is 1. The van der Waals surface area contributed by atoms with E-state index in [1.165, 1.54) is 25.1 Å². The number of aryl methyl sites for hydroxylation is 1. The zero-order valence-electron chi connectivity index (χ0n) is 10.6. The Hall–Kier alpha value is -2.71. The molecular formula is C12H8F3N3O3. The predicted molar refractivity (Wildman–Crippen MR) is 64.9 cm³/mol. The summed E-state index contributed by atoms with van der Waals surface area (Å²) < 4.78 is 42.6. The van der Waals surface area contributed by atoms with Crippen molar-refractivity contribution in [2.75, 3.05) is 0 Å². The van der Waals surface area contributed by atoms with Crippen molar-refractivity contribution in [2.24, 2.45) is 0 Å². The Morgan fingerprint density at radius 3 is 2.62 bits per heavy atom. The molecule has 9 heteroatoms. The number of halogens is 3. The molecule has 0 radical (unpaired) electrons. The van der Waals surface area contributed by atoms with E-state index >= 15 is 0 Å². The van der Waals surface area contributed by atoms with Crippen molar-refractivity contribution >= 4 is 5.69 Å². The molecule has 0 atom stereocenters. The third kappa shape index (κ3) is 3.25. The van der Waals surface area contributed by atoms with Crippen LogP contribution >= 0.6 is 0 Å². The smallest absolute Gasteiger partial charge is 0.417 e. The lowest BCUT2D eigenvalue weighted by molar-refractivity contribution is -0.386. The van der Waals surface area contributed by atoms with Gasteiger partial charge in [0.2, 0.25) is 5.75 Å². The second kappa shape index (κ2) is 5.35. The van der Waals surface area contributed by atoms with Crippen LogP contribution in [-0.4, -0.2) is 14.9 Å². The van der Waals surface area contributed by atoms with Crippen LogP contribution in [-0.2, 0) is 6.18 Å².